The molecule has 4 heteroatoms. The average Bonchev–Trinajstić information content (AvgIpc) is 2.50. The molecule has 1 aromatic rings. The zero-order valence-corrected chi connectivity index (χ0v) is 13.9. The van der Waals surface area contributed by atoms with Gasteiger partial charge in [-0.25, -0.2) is 0 Å². The van der Waals surface area contributed by atoms with E-state index in [0.29, 0.717) is 6.04 Å². The Balaban J connectivity index is 2.60. The van der Waals surface area contributed by atoms with E-state index >= 15 is 0 Å². The number of hydrogen-bond acceptors (Lipinski definition) is 4. The van der Waals surface area contributed by atoms with Crippen LogP contribution in [0.4, 0.5) is 0 Å². The van der Waals surface area contributed by atoms with Crippen LogP contribution in [-0.4, -0.2) is 32.8 Å². The molecule has 1 unspecified atom stereocenters. The molecule has 0 aromatic heterocycles. The normalized spacial score (nSPS) is 12.2. The number of methoxy groups -OCH3 is 2. The van der Waals surface area contributed by atoms with E-state index in [1.54, 1.807) is 14.2 Å². The van der Waals surface area contributed by atoms with E-state index in [0.717, 1.165) is 24.5 Å². The standard InChI is InChI=1S/C16H27NO2S/c1-5-14(17-10-6-7-11-20-4)13-8-9-15(18-2)16(12-13)19-3/h8-9,12,14,17H,5-7,10-11H2,1-4H3. The highest BCUT2D eigenvalue weighted by molar-refractivity contribution is 7.98. The number of nitrogens with one attached hydrogen (secondary N) is 1. The van der Waals surface area contributed by atoms with Gasteiger partial charge in [0.25, 0.3) is 0 Å². The monoisotopic (exact) mass is 297 g/mol. The van der Waals surface area contributed by atoms with Crippen LogP contribution in [-0.2, 0) is 0 Å². The van der Waals surface area contributed by atoms with Crippen molar-refractivity contribution < 1.29 is 9.47 Å². The van der Waals surface area contributed by atoms with Gasteiger partial charge in [0.2, 0.25) is 0 Å². The molecule has 0 spiro atoms. The summed E-state index contributed by atoms with van der Waals surface area (Å²) in [5, 5.41) is 3.63. The van der Waals surface area contributed by atoms with Crippen LogP contribution in [0.3, 0.4) is 0 Å². The molecule has 0 amide bonds. The second kappa shape index (κ2) is 9.94. The van der Waals surface area contributed by atoms with E-state index in [4.69, 9.17) is 9.47 Å². The Bertz CT molecular complexity index is 385. The number of ether oxygens (including phenoxy) is 2. The van der Waals surface area contributed by atoms with Gasteiger partial charge in [-0.15, -0.1) is 0 Å². The molecule has 0 bridgehead atoms. The van der Waals surface area contributed by atoms with Crippen LogP contribution < -0.4 is 14.8 Å². The van der Waals surface area contributed by atoms with Crippen molar-refractivity contribution in [3.8, 4) is 11.5 Å². The van der Waals surface area contributed by atoms with Crippen molar-refractivity contribution in [3.05, 3.63) is 23.8 Å². The second-order valence-electron chi connectivity index (χ2n) is 4.73. The molecule has 0 aliphatic heterocycles. The number of hydrogen-bond donors (Lipinski definition) is 1. The van der Waals surface area contributed by atoms with Gasteiger partial charge in [-0.3, -0.25) is 0 Å². The Kier molecular flexibility index (Phi) is 8.54. The topological polar surface area (TPSA) is 30.5 Å². The van der Waals surface area contributed by atoms with Crippen molar-refractivity contribution in [1.29, 1.82) is 0 Å². The molecule has 0 radical (unpaired) electrons. The summed E-state index contributed by atoms with van der Waals surface area (Å²) in [6.45, 7) is 3.27. The molecule has 20 heavy (non-hydrogen) atoms. The van der Waals surface area contributed by atoms with Crippen molar-refractivity contribution in [1.82, 2.24) is 5.32 Å². The fraction of sp³-hybridized carbons (Fsp3) is 0.625. The third-order valence-electron chi connectivity index (χ3n) is 3.38. The quantitative estimate of drug-likeness (QED) is 0.664. The Morgan fingerprint density at radius 1 is 1.15 bits per heavy atom. The van der Waals surface area contributed by atoms with Gasteiger partial charge >= 0.3 is 0 Å². The first-order valence-corrected chi connectivity index (χ1v) is 8.60. The fourth-order valence-electron chi connectivity index (χ4n) is 2.22. The van der Waals surface area contributed by atoms with Gasteiger partial charge in [0.1, 0.15) is 0 Å². The molecule has 1 rings (SSSR count). The van der Waals surface area contributed by atoms with Gasteiger partial charge in [0.15, 0.2) is 11.5 Å². The van der Waals surface area contributed by atoms with E-state index in [1.807, 2.05) is 17.8 Å². The summed E-state index contributed by atoms with van der Waals surface area (Å²) in [6, 6.07) is 6.54. The first-order chi connectivity index (χ1) is 9.76. The van der Waals surface area contributed by atoms with E-state index in [9.17, 15) is 0 Å². The largest absolute Gasteiger partial charge is 0.493 e. The molecule has 0 aliphatic rings. The summed E-state index contributed by atoms with van der Waals surface area (Å²) in [6.07, 6.45) is 5.73. The predicted octanol–water partition coefficient (Wildman–Crippen LogP) is 3.89. The molecule has 0 fully saturated rings. The molecule has 1 aromatic carbocycles. The number of thioether (sulfide) groups is 1. The molecule has 114 valence electrons. The third kappa shape index (κ3) is 5.25. The Morgan fingerprint density at radius 2 is 1.90 bits per heavy atom. The molecule has 0 aliphatic carbocycles. The lowest BCUT2D eigenvalue weighted by atomic mass is 10.0. The predicted molar refractivity (Wildman–Crippen MR) is 88.2 cm³/mol. The van der Waals surface area contributed by atoms with Crippen LogP contribution in [0.5, 0.6) is 11.5 Å². The summed E-state index contributed by atoms with van der Waals surface area (Å²) in [7, 11) is 3.34. The molecule has 0 saturated carbocycles. The minimum Gasteiger partial charge on any atom is -0.493 e. The smallest absolute Gasteiger partial charge is 0.161 e. The lowest BCUT2D eigenvalue weighted by Crippen LogP contribution is -2.22. The molecule has 0 saturated heterocycles. The highest BCUT2D eigenvalue weighted by Gasteiger charge is 2.12. The Labute approximate surface area is 127 Å². The van der Waals surface area contributed by atoms with E-state index < -0.39 is 0 Å². The Morgan fingerprint density at radius 3 is 2.50 bits per heavy atom. The number of rotatable bonds is 10. The van der Waals surface area contributed by atoms with Crippen LogP contribution in [0.2, 0.25) is 0 Å². The summed E-state index contributed by atoms with van der Waals surface area (Å²) in [5.41, 5.74) is 1.26. The lowest BCUT2D eigenvalue weighted by Gasteiger charge is -2.19. The first-order valence-electron chi connectivity index (χ1n) is 7.21. The molecular weight excluding hydrogens is 270 g/mol. The van der Waals surface area contributed by atoms with Crippen LogP contribution in [0.1, 0.15) is 37.8 Å². The van der Waals surface area contributed by atoms with E-state index in [-0.39, 0.29) is 0 Å². The summed E-state index contributed by atoms with van der Waals surface area (Å²) in [5.74, 6) is 2.83. The number of benzene rings is 1. The van der Waals surface area contributed by atoms with Crippen molar-refractivity contribution in [2.24, 2.45) is 0 Å². The highest BCUT2D eigenvalue weighted by atomic mass is 32.2. The molecule has 0 heterocycles. The molecule has 1 atom stereocenters. The molecule has 3 nitrogen and oxygen atoms in total. The average molecular weight is 297 g/mol. The van der Waals surface area contributed by atoms with E-state index in [2.05, 4.69) is 30.6 Å². The highest BCUT2D eigenvalue weighted by Crippen LogP contribution is 2.30. The maximum Gasteiger partial charge on any atom is 0.161 e. The van der Waals surface area contributed by atoms with Crippen molar-refractivity contribution in [2.75, 3.05) is 32.8 Å². The molecule has 1 N–H and O–H groups in total. The van der Waals surface area contributed by atoms with Crippen LogP contribution >= 0.6 is 11.8 Å². The Hall–Kier alpha value is -0.870. The number of unbranched alkanes of at least 4 members (excludes halogenated alkanes) is 1. The third-order valence-corrected chi connectivity index (χ3v) is 4.08. The van der Waals surface area contributed by atoms with Gasteiger partial charge in [0, 0.05) is 6.04 Å². The van der Waals surface area contributed by atoms with Gasteiger partial charge in [-0.2, -0.15) is 11.8 Å². The van der Waals surface area contributed by atoms with Crippen LogP contribution in [0.15, 0.2) is 18.2 Å². The summed E-state index contributed by atoms with van der Waals surface area (Å²) >= 11 is 1.91. The maximum atomic E-state index is 5.37. The summed E-state index contributed by atoms with van der Waals surface area (Å²) in [4.78, 5) is 0. The van der Waals surface area contributed by atoms with Crippen LogP contribution in [0.25, 0.3) is 0 Å². The maximum absolute atomic E-state index is 5.37. The minimum absolute atomic E-state index is 0.379. The van der Waals surface area contributed by atoms with Crippen molar-refractivity contribution in [2.45, 2.75) is 32.2 Å². The van der Waals surface area contributed by atoms with Gasteiger partial charge in [0.05, 0.1) is 14.2 Å². The minimum atomic E-state index is 0.379. The lowest BCUT2D eigenvalue weighted by molar-refractivity contribution is 0.353. The fourth-order valence-corrected chi connectivity index (χ4v) is 2.71. The SMILES string of the molecule is CCC(NCCCCSC)c1ccc(OC)c(OC)c1. The van der Waals surface area contributed by atoms with Gasteiger partial charge < -0.3 is 14.8 Å². The van der Waals surface area contributed by atoms with Crippen molar-refractivity contribution in [3.63, 3.8) is 0 Å². The van der Waals surface area contributed by atoms with Gasteiger partial charge in [-0.1, -0.05) is 13.0 Å². The second-order valence-corrected chi connectivity index (χ2v) is 5.71. The van der Waals surface area contributed by atoms with Gasteiger partial charge in [-0.05, 0) is 55.5 Å². The zero-order valence-electron chi connectivity index (χ0n) is 13.1. The van der Waals surface area contributed by atoms with E-state index in [1.165, 1.54) is 24.2 Å². The zero-order chi connectivity index (χ0) is 14.8. The van der Waals surface area contributed by atoms with Crippen LogP contribution in [0, 0.1) is 0 Å². The van der Waals surface area contributed by atoms with Crippen molar-refractivity contribution >= 4 is 11.8 Å². The first kappa shape index (κ1) is 17.2. The summed E-state index contributed by atoms with van der Waals surface area (Å²) < 4.78 is 10.7. The molecular formula is C16H27NO2S.